The van der Waals surface area contributed by atoms with E-state index in [1.54, 1.807) is 30.5 Å². The summed E-state index contributed by atoms with van der Waals surface area (Å²) in [5.74, 6) is -0.699. The van der Waals surface area contributed by atoms with Gasteiger partial charge in [-0.2, -0.15) is 5.10 Å². The molecule has 0 amide bonds. The van der Waals surface area contributed by atoms with Crippen LogP contribution in [0.4, 0.5) is 4.39 Å². The number of aromatic nitrogens is 4. The minimum Gasteiger partial charge on any atom is -0.293 e. The SMILES string of the molecule is [2H]C(c1cc2cccnc2cc1F)c1cnc2ccc(C(C)=O)nn12. The lowest BCUT2D eigenvalue weighted by Crippen LogP contribution is -2.05. The first-order valence-electron chi connectivity index (χ1n) is 7.94. The van der Waals surface area contributed by atoms with E-state index in [1.807, 2.05) is 6.07 Å². The highest BCUT2D eigenvalue weighted by Crippen LogP contribution is 2.20. The van der Waals surface area contributed by atoms with E-state index in [1.165, 1.54) is 23.7 Å². The molecule has 1 unspecified atom stereocenters. The molecule has 0 aliphatic carbocycles. The van der Waals surface area contributed by atoms with Crippen LogP contribution in [0.15, 0.2) is 48.8 Å². The highest BCUT2D eigenvalue weighted by atomic mass is 19.1. The highest BCUT2D eigenvalue weighted by molar-refractivity contribution is 5.92. The summed E-state index contributed by atoms with van der Waals surface area (Å²) in [5.41, 5.74) is 1.89. The number of carbonyl (C=O) groups is 1. The van der Waals surface area contributed by atoms with Crippen molar-refractivity contribution in [3.05, 3.63) is 71.6 Å². The molecule has 0 bridgehead atoms. The van der Waals surface area contributed by atoms with Crippen molar-refractivity contribution in [1.29, 1.82) is 0 Å². The standard InChI is InChI=1S/C18H13FN4O/c1-11(24)16-4-5-18-21-10-14(23(18)22-16)8-13-7-12-3-2-6-20-17(12)9-15(13)19/h2-7,9-10H,8H2,1H3/i8D. The van der Waals surface area contributed by atoms with Gasteiger partial charge in [0, 0.05) is 32.3 Å². The molecule has 0 N–H and O–H groups in total. The second-order valence-electron chi connectivity index (χ2n) is 5.44. The van der Waals surface area contributed by atoms with E-state index in [0.29, 0.717) is 16.9 Å². The summed E-state index contributed by atoms with van der Waals surface area (Å²) in [6.45, 7) is 1.42. The molecule has 6 heteroatoms. The molecule has 4 rings (SSSR count). The summed E-state index contributed by atoms with van der Waals surface area (Å²) in [6, 6.07) is 9.75. The van der Waals surface area contributed by atoms with Crippen molar-refractivity contribution in [2.45, 2.75) is 13.3 Å². The van der Waals surface area contributed by atoms with Gasteiger partial charge in [-0.15, -0.1) is 0 Å². The number of pyridine rings is 1. The summed E-state index contributed by atoms with van der Waals surface area (Å²) < 4.78 is 24.4. The maximum absolute atomic E-state index is 14.5. The summed E-state index contributed by atoms with van der Waals surface area (Å²) in [5, 5.41) is 4.98. The maximum atomic E-state index is 14.5. The molecular weight excluding hydrogens is 307 g/mol. The Kier molecular flexibility index (Phi) is 3.04. The third-order valence-electron chi connectivity index (χ3n) is 3.77. The predicted molar refractivity (Wildman–Crippen MR) is 87.5 cm³/mol. The number of ketones is 1. The molecule has 1 aromatic carbocycles. The van der Waals surface area contributed by atoms with Crippen LogP contribution in [-0.2, 0) is 6.40 Å². The van der Waals surface area contributed by atoms with Crippen LogP contribution in [0.3, 0.4) is 0 Å². The lowest BCUT2D eigenvalue weighted by atomic mass is 10.1. The number of rotatable bonds is 3. The fourth-order valence-electron chi connectivity index (χ4n) is 2.56. The smallest absolute Gasteiger partial charge is 0.179 e. The zero-order chi connectivity index (χ0) is 17.6. The minimum absolute atomic E-state index is 0.189. The number of fused-ring (bicyclic) bond motifs is 2. The summed E-state index contributed by atoms with van der Waals surface area (Å²) in [7, 11) is 0. The van der Waals surface area contributed by atoms with E-state index in [4.69, 9.17) is 1.37 Å². The first-order valence-corrected chi connectivity index (χ1v) is 7.36. The zero-order valence-electron chi connectivity index (χ0n) is 13.8. The Balaban J connectivity index is 1.87. The molecule has 24 heavy (non-hydrogen) atoms. The molecule has 0 aliphatic rings. The quantitative estimate of drug-likeness (QED) is 0.544. The first kappa shape index (κ1) is 13.3. The molecule has 5 nitrogen and oxygen atoms in total. The summed E-state index contributed by atoms with van der Waals surface area (Å²) in [4.78, 5) is 19.9. The van der Waals surface area contributed by atoms with Crippen molar-refractivity contribution in [2.75, 3.05) is 0 Å². The van der Waals surface area contributed by atoms with Gasteiger partial charge in [-0.3, -0.25) is 9.78 Å². The second kappa shape index (κ2) is 5.49. The van der Waals surface area contributed by atoms with Gasteiger partial charge in [0.15, 0.2) is 11.4 Å². The lowest BCUT2D eigenvalue weighted by Gasteiger charge is -2.06. The van der Waals surface area contributed by atoms with Gasteiger partial charge in [0.2, 0.25) is 0 Å². The Morgan fingerprint density at radius 2 is 2.17 bits per heavy atom. The van der Waals surface area contributed by atoms with Gasteiger partial charge in [0.1, 0.15) is 11.5 Å². The molecule has 0 spiro atoms. The van der Waals surface area contributed by atoms with Gasteiger partial charge in [0.05, 0.1) is 17.4 Å². The lowest BCUT2D eigenvalue weighted by molar-refractivity contribution is 0.101. The van der Waals surface area contributed by atoms with Crippen LogP contribution in [-0.4, -0.2) is 25.4 Å². The molecule has 1 atom stereocenters. The average Bonchev–Trinajstić information content (AvgIpc) is 3.03. The van der Waals surface area contributed by atoms with E-state index < -0.39 is 12.2 Å². The molecule has 118 valence electrons. The van der Waals surface area contributed by atoms with Crippen LogP contribution in [0.2, 0.25) is 0 Å². The Morgan fingerprint density at radius 3 is 3.00 bits per heavy atom. The van der Waals surface area contributed by atoms with Crippen molar-refractivity contribution in [3.63, 3.8) is 0 Å². The van der Waals surface area contributed by atoms with Crippen molar-refractivity contribution in [1.82, 2.24) is 19.6 Å². The van der Waals surface area contributed by atoms with Crippen molar-refractivity contribution < 1.29 is 10.6 Å². The number of nitrogens with zero attached hydrogens (tertiary/aromatic N) is 4. The molecule has 0 aliphatic heterocycles. The van der Waals surface area contributed by atoms with E-state index in [-0.39, 0.29) is 17.0 Å². The fraction of sp³-hybridized carbons (Fsp3) is 0.111. The first-order chi connectivity index (χ1) is 12.0. The monoisotopic (exact) mass is 321 g/mol. The van der Waals surface area contributed by atoms with Gasteiger partial charge < -0.3 is 0 Å². The Morgan fingerprint density at radius 1 is 1.29 bits per heavy atom. The molecular formula is C18H13FN4O. The Bertz CT molecular complexity index is 1120. The van der Waals surface area contributed by atoms with Gasteiger partial charge >= 0.3 is 0 Å². The van der Waals surface area contributed by atoms with Gasteiger partial charge in [0.25, 0.3) is 0 Å². The van der Waals surface area contributed by atoms with Crippen LogP contribution < -0.4 is 0 Å². The number of carbonyl (C=O) groups excluding carboxylic acids is 1. The number of imidazole rings is 1. The summed E-state index contributed by atoms with van der Waals surface area (Å²) >= 11 is 0. The van der Waals surface area contributed by atoms with Crippen LogP contribution in [0.1, 0.15) is 30.0 Å². The largest absolute Gasteiger partial charge is 0.293 e. The molecule has 0 radical (unpaired) electrons. The molecule has 0 fully saturated rings. The topological polar surface area (TPSA) is 60.2 Å². The normalized spacial score (nSPS) is 13.2. The van der Waals surface area contributed by atoms with Gasteiger partial charge in [-0.1, -0.05) is 6.07 Å². The molecule has 4 aromatic rings. The Hall–Kier alpha value is -3.15. The average molecular weight is 321 g/mol. The zero-order valence-corrected chi connectivity index (χ0v) is 12.8. The third kappa shape index (κ3) is 2.42. The van der Waals surface area contributed by atoms with Gasteiger partial charge in [-0.25, -0.2) is 13.9 Å². The highest BCUT2D eigenvalue weighted by Gasteiger charge is 2.12. The van der Waals surface area contributed by atoms with Crippen LogP contribution in [0.25, 0.3) is 16.6 Å². The minimum atomic E-state index is -1.03. The van der Waals surface area contributed by atoms with E-state index in [2.05, 4.69) is 15.1 Å². The fourth-order valence-corrected chi connectivity index (χ4v) is 2.56. The summed E-state index contributed by atoms with van der Waals surface area (Å²) in [6.07, 6.45) is 2.04. The molecule has 3 heterocycles. The van der Waals surface area contributed by atoms with Crippen LogP contribution >= 0.6 is 0 Å². The second-order valence-corrected chi connectivity index (χ2v) is 5.44. The van der Waals surface area contributed by atoms with E-state index in [0.717, 1.165) is 5.39 Å². The number of halogens is 1. The van der Waals surface area contributed by atoms with Crippen LogP contribution in [0.5, 0.6) is 0 Å². The molecule has 0 saturated carbocycles. The van der Waals surface area contributed by atoms with Gasteiger partial charge in [-0.05, 0) is 29.8 Å². The number of hydrogen-bond donors (Lipinski definition) is 0. The maximum Gasteiger partial charge on any atom is 0.179 e. The van der Waals surface area contributed by atoms with Crippen molar-refractivity contribution in [3.8, 4) is 0 Å². The molecule has 3 aromatic heterocycles. The van der Waals surface area contributed by atoms with Crippen LogP contribution in [0, 0.1) is 5.82 Å². The van der Waals surface area contributed by atoms with E-state index in [9.17, 15) is 9.18 Å². The van der Waals surface area contributed by atoms with E-state index >= 15 is 0 Å². The molecule has 0 saturated heterocycles. The third-order valence-corrected chi connectivity index (χ3v) is 3.77. The Labute approximate surface area is 138 Å². The van der Waals surface area contributed by atoms with Crippen molar-refractivity contribution >= 4 is 22.3 Å². The predicted octanol–water partition coefficient (Wildman–Crippen LogP) is 3.21. The van der Waals surface area contributed by atoms with Crippen molar-refractivity contribution in [2.24, 2.45) is 0 Å². The number of Topliss-reactive ketones (excluding diaryl/α,β-unsaturated/α-hetero) is 1. The number of benzene rings is 1. The number of hydrogen-bond acceptors (Lipinski definition) is 4.